The van der Waals surface area contributed by atoms with E-state index in [4.69, 9.17) is 0 Å². The minimum Gasteiger partial charge on any atom is -0.317 e. The summed E-state index contributed by atoms with van der Waals surface area (Å²) in [6, 6.07) is 7.49. The first-order valence-corrected chi connectivity index (χ1v) is 8.02. The van der Waals surface area contributed by atoms with Gasteiger partial charge in [-0.1, -0.05) is 26.0 Å². The van der Waals surface area contributed by atoms with Crippen LogP contribution in [0.3, 0.4) is 0 Å². The van der Waals surface area contributed by atoms with Crippen LogP contribution in [-0.4, -0.2) is 27.3 Å². The molecule has 5 heteroatoms. The summed E-state index contributed by atoms with van der Waals surface area (Å²) in [5, 5.41) is 3.11. The molecule has 0 saturated heterocycles. The highest BCUT2D eigenvalue weighted by Gasteiger charge is 2.09. The smallest absolute Gasteiger partial charge is 0.232 e. The first-order chi connectivity index (χ1) is 8.57. The topological polar surface area (TPSA) is 58.2 Å². The van der Waals surface area contributed by atoms with Crippen LogP contribution in [0, 0.1) is 0 Å². The molecule has 2 N–H and O–H groups in total. The monoisotopic (exact) mass is 270 g/mol. The molecule has 0 amide bonds. The number of benzene rings is 1. The fourth-order valence-electron chi connectivity index (χ4n) is 1.60. The second-order valence-corrected chi connectivity index (χ2v) is 6.02. The van der Waals surface area contributed by atoms with E-state index < -0.39 is 10.0 Å². The van der Waals surface area contributed by atoms with E-state index in [1.807, 2.05) is 19.1 Å². The van der Waals surface area contributed by atoms with Crippen molar-refractivity contribution >= 4 is 15.7 Å². The predicted molar refractivity (Wildman–Crippen MR) is 76.4 cm³/mol. The van der Waals surface area contributed by atoms with Crippen LogP contribution < -0.4 is 10.0 Å². The number of aryl methyl sites for hydroxylation is 1. The van der Waals surface area contributed by atoms with Crippen molar-refractivity contribution in [3.63, 3.8) is 0 Å². The average molecular weight is 270 g/mol. The van der Waals surface area contributed by atoms with Crippen molar-refractivity contribution in [1.82, 2.24) is 5.32 Å². The van der Waals surface area contributed by atoms with Crippen molar-refractivity contribution in [3.05, 3.63) is 29.8 Å². The molecule has 0 aromatic heterocycles. The molecule has 0 saturated carbocycles. The summed E-state index contributed by atoms with van der Waals surface area (Å²) < 4.78 is 26.1. The van der Waals surface area contributed by atoms with Crippen molar-refractivity contribution in [2.45, 2.75) is 26.7 Å². The van der Waals surface area contributed by atoms with E-state index in [0.29, 0.717) is 12.1 Å². The highest BCUT2D eigenvalue weighted by atomic mass is 32.2. The summed E-state index contributed by atoms with van der Waals surface area (Å²) in [7, 11) is -3.22. The second kappa shape index (κ2) is 7.38. The van der Waals surface area contributed by atoms with E-state index in [2.05, 4.69) is 17.0 Å². The average Bonchev–Trinajstić information content (AvgIpc) is 2.35. The number of sulfonamides is 1. The van der Waals surface area contributed by atoms with Gasteiger partial charge in [-0.25, -0.2) is 8.42 Å². The molecule has 0 aliphatic heterocycles. The van der Waals surface area contributed by atoms with Crippen molar-refractivity contribution < 1.29 is 8.42 Å². The van der Waals surface area contributed by atoms with Crippen LogP contribution in [0.1, 0.15) is 25.8 Å². The first-order valence-electron chi connectivity index (χ1n) is 6.37. The van der Waals surface area contributed by atoms with E-state index in [1.54, 1.807) is 12.1 Å². The Balaban J connectivity index is 2.48. The van der Waals surface area contributed by atoms with Crippen LogP contribution in [0.2, 0.25) is 0 Å². The molecule has 1 aromatic rings. The highest BCUT2D eigenvalue weighted by Crippen LogP contribution is 2.12. The quantitative estimate of drug-likeness (QED) is 0.710. The molecule has 0 fully saturated rings. The summed E-state index contributed by atoms with van der Waals surface area (Å²) in [6.07, 6.45) is 1.58. The maximum atomic E-state index is 11.8. The Hall–Kier alpha value is -1.07. The molecule has 0 bridgehead atoms. The Morgan fingerprint density at radius 1 is 1.11 bits per heavy atom. The van der Waals surface area contributed by atoms with Gasteiger partial charge in [-0.05, 0) is 43.6 Å². The lowest BCUT2D eigenvalue weighted by atomic mass is 10.2. The molecule has 0 spiro atoms. The van der Waals surface area contributed by atoms with Gasteiger partial charge in [-0.15, -0.1) is 0 Å². The molecular formula is C13H22N2O2S. The molecular weight excluding hydrogens is 248 g/mol. The zero-order valence-electron chi connectivity index (χ0n) is 11.1. The number of hydrogen-bond acceptors (Lipinski definition) is 3. The number of rotatable bonds is 8. The van der Waals surface area contributed by atoms with E-state index in [1.165, 1.54) is 5.56 Å². The molecule has 0 aliphatic rings. The molecule has 0 radical (unpaired) electrons. The first kappa shape index (κ1) is 15.0. The van der Waals surface area contributed by atoms with Gasteiger partial charge in [-0.2, -0.15) is 0 Å². The minimum atomic E-state index is -3.22. The van der Waals surface area contributed by atoms with Gasteiger partial charge in [0.25, 0.3) is 0 Å². The second-order valence-electron chi connectivity index (χ2n) is 4.18. The molecule has 102 valence electrons. The third-order valence-corrected chi connectivity index (χ3v) is 4.02. The van der Waals surface area contributed by atoms with Gasteiger partial charge in [0.2, 0.25) is 10.0 Å². The van der Waals surface area contributed by atoms with Crippen LogP contribution in [-0.2, 0) is 16.4 Å². The Kier molecular flexibility index (Phi) is 6.15. The van der Waals surface area contributed by atoms with E-state index >= 15 is 0 Å². The molecule has 18 heavy (non-hydrogen) atoms. The van der Waals surface area contributed by atoms with Crippen molar-refractivity contribution in [3.8, 4) is 0 Å². The fourth-order valence-corrected chi connectivity index (χ4v) is 2.72. The van der Waals surface area contributed by atoms with Crippen LogP contribution in [0.25, 0.3) is 0 Å². The van der Waals surface area contributed by atoms with Gasteiger partial charge >= 0.3 is 0 Å². The lowest BCUT2D eigenvalue weighted by Crippen LogP contribution is -2.21. The van der Waals surface area contributed by atoms with E-state index in [0.717, 1.165) is 19.5 Å². The molecule has 4 nitrogen and oxygen atoms in total. The van der Waals surface area contributed by atoms with Gasteiger partial charge < -0.3 is 5.32 Å². The largest absolute Gasteiger partial charge is 0.317 e. The number of hydrogen-bond donors (Lipinski definition) is 2. The predicted octanol–water partition coefficient (Wildman–Crippen LogP) is 1.99. The number of anilines is 1. The lowest BCUT2D eigenvalue weighted by molar-refractivity contribution is 0.595. The van der Waals surface area contributed by atoms with Crippen LogP contribution in [0.15, 0.2) is 24.3 Å². The van der Waals surface area contributed by atoms with E-state index in [-0.39, 0.29) is 5.75 Å². The zero-order valence-corrected chi connectivity index (χ0v) is 11.9. The maximum absolute atomic E-state index is 11.8. The van der Waals surface area contributed by atoms with Gasteiger partial charge in [0.05, 0.1) is 5.75 Å². The van der Waals surface area contributed by atoms with Crippen molar-refractivity contribution in [2.75, 3.05) is 23.6 Å². The Bertz CT molecular complexity index is 441. The molecule has 0 heterocycles. The zero-order chi connectivity index (χ0) is 13.4. The maximum Gasteiger partial charge on any atom is 0.232 e. The lowest BCUT2D eigenvalue weighted by Gasteiger charge is -2.08. The van der Waals surface area contributed by atoms with Crippen molar-refractivity contribution in [2.24, 2.45) is 0 Å². The van der Waals surface area contributed by atoms with Gasteiger partial charge in [0.1, 0.15) is 0 Å². The Morgan fingerprint density at radius 2 is 1.78 bits per heavy atom. The van der Waals surface area contributed by atoms with E-state index in [9.17, 15) is 8.42 Å². The molecule has 1 aromatic carbocycles. The summed E-state index contributed by atoms with van der Waals surface area (Å²) in [5.41, 5.74) is 1.83. The van der Waals surface area contributed by atoms with Gasteiger partial charge in [0.15, 0.2) is 0 Å². The molecule has 0 unspecified atom stereocenters. The Labute approximate surface area is 110 Å². The fraction of sp³-hybridized carbons (Fsp3) is 0.538. The van der Waals surface area contributed by atoms with Crippen LogP contribution >= 0.6 is 0 Å². The van der Waals surface area contributed by atoms with Crippen LogP contribution in [0.5, 0.6) is 0 Å². The molecule has 0 aliphatic carbocycles. The van der Waals surface area contributed by atoms with Crippen LogP contribution in [0.4, 0.5) is 5.69 Å². The SMILES string of the molecule is CCNCCCS(=O)(=O)Nc1ccc(CC)cc1. The van der Waals surface area contributed by atoms with Crippen molar-refractivity contribution in [1.29, 1.82) is 0 Å². The molecule has 1 rings (SSSR count). The normalized spacial score (nSPS) is 11.4. The third-order valence-electron chi connectivity index (χ3n) is 2.65. The number of nitrogens with one attached hydrogen (secondary N) is 2. The highest BCUT2D eigenvalue weighted by molar-refractivity contribution is 7.92. The summed E-state index contributed by atoms with van der Waals surface area (Å²) in [6.45, 7) is 5.67. The van der Waals surface area contributed by atoms with Gasteiger partial charge in [0, 0.05) is 5.69 Å². The summed E-state index contributed by atoms with van der Waals surface area (Å²) in [5.74, 6) is 0.148. The van der Waals surface area contributed by atoms with Gasteiger partial charge in [-0.3, -0.25) is 4.72 Å². The minimum absolute atomic E-state index is 0.148. The molecule has 0 atom stereocenters. The summed E-state index contributed by atoms with van der Waals surface area (Å²) in [4.78, 5) is 0. The summed E-state index contributed by atoms with van der Waals surface area (Å²) >= 11 is 0. The standard InChI is InChI=1S/C13H22N2O2S/c1-3-12-6-8-13(9-7-12)15-18(16,17)11-5-10-14-4-2/h6-9,14-15H,3-5,10-11H2,1-2H3. The third kappa shape index (κ3) is 5.51. The Morgan fingerprint density at radius 3 is 2.33 bits per heavy atom.